The van der Waals surface area contributed by atoms with Crippen molar-refractivity contribution in [3.8, 4) is 11.5 Å². The zero-order chi connectivity index (χ0) is 15.2. The lowest BCUT2D eigenvalue weighted by Crippen LogP contribution is -2.32. The van der Waals surface area contributed by atoms with Crippen LogP contribution in [0.2, 0.25) is 0 Å². The van der Waals surface area contributed by atoms with Crippen molar-refractivity contribution in [1.29, 1.82) is 0 Å². The van der Waals surface area contributed by atoms with E-state index in [2.05, 4.69) is 20.3 Å². The van der Waals surface area contributed by atoms with Gasteiger partial charge in [-0.15, -0.1) is 10.2 Å². The van der Waals surface area contributed by atoms with E-state index in [1.54, 1.807) is 6.92 Å². The van der Waals surface area contributed by atoms with Gasteiger partial charge in [-0.25, -0.2) is 4.79 Å². The van der Waals surface area contributed by atoms with Crippen molar-refractivity contribution in [2.75, 3.05) is 6.61 Å². The molecule has 1 aromatic heterocycles. The fourth-order valence-corrected chi connectivity index (χ4v) is 1.56. The van der Waals surface area contributed by atoms with Crippen molar-refractivity contribution in [2.45, 2.75) is 20.4 Å². The molecule has 1 amide bonds. The van der Waals surface area contributed by atoms with Gasteiger partial charge in [0.15, 0.2) is 0 Å². The van der Waals surface area contributed by atoms with E-state index in [4.69, 9.17) is 4.42 Å². The van der Waals surface area contributed by atoms with Crippen molar-refractivity contribution in [2.24, 2.45) is 0 Å². The molecule has 0 saturated carbocycles. The average Bonchev–Trinajstić information content (AvgIpc) is 2.94. The Hall–Kier alpha value is -2.70. The highest BCUT2D eigenvalue weighted by Crippen LogP contribution is 2.17. The minimum absolute atomic E-state index is 0.0312. The standard InChI is InChI=1S/C14H15N3O4/c1-3-20-14(19)12(18)15-8-11-16-17-13(21-11)10-6-4-9(2)5-7-10/h4-7H,3,8H2,1-2H3,(H,15,18). The van der Waals surface area contributed by atoms with Gasteiger partial charge in [-0.2, -0.15) is 0 Å². The van der Waals surface area contributed by atoms with Crippen LogP contribution in [0.15, 0.2) is 28.7 Å². The summed E-state index contributed by atoms with van der Waals surface area (Å²) in [5.74, 6) is -1.21. The van der Waals surface area contributed by atoms with Gasteiger partial charge in [-0.1, -0.05) is 17.7 Å². The summed E-state index contributed by atoms with van der Waals surface area (Å²) < 4.78 is 9.97. The predicted octanol–water partition coefficient (Wildman–Crippen LogP) is 1.22. The summed E-state index contributed by atoms with van der Waals surface area (Å²) in [5, 5.41) is 10.0. The first kappa shape index (κ1) is 14.7. The lowest BCUT2D eigenvalue weighted by atomic mass is 10.1. The van der Waals surface area contributed by atoms with E-state index in [-0.39, 0.29) is 19.0 Å². The summed E-state index contributed by atoms with van der Waals surface area (Å²) in [7, 11) is 0. The number of hydrogen-bond donors (Lipinski definition) is 1. The predicted molar refractivity (Wildman–Crippen MR) is 73.0 cm³/mol. The summed E-state index contributed by atoms with van der Waals surface area (Å²) in [4.78, 5) is 22.5. The molecule has 0 aliphatic carbocycles. The van der Waals surface area contributed by atoms with E-state index in [0.717, 1.165) is 11.1 Å². The number of carbonyl (C=O) groups is 2. The van der Waals surface area contributed by atoms with Gasteiger partial charge in [-0.05, 0) is 26.0 Å². The van der Waals surface area contributed by atoms with Crippen LogP contribution in [-0.4, -0.2) is 28.7 Å². The van der Waals surface area contributed by atoms with Crippen LogP contribution in [-0.2, 0) is 20.9 Å². The first-order chi connectivity index (χ1) is 10.1. The molecule has 21 heavy (non-hydrogen) atoms. The van der Waals surface area contributed by atoms with Crippen LogP contribution >= 0.6 is 0 Å². The molecule has 0 spiro atoms. The number of hydrogen-bond acceptors (Lipinski definition) is 6. The first-order valence-corrected chi connectivity index (χ1v) is 6.44. The quantitative estimate of drug-likeness (QED) is 0.672. The monoisotopic (exact) mass is 289 g/mol. The Morgan fingerprint density at radius 2 is 1.95 bits per heavy atom. The van der Waals surface area contributed by atoms with Crippen LogP contribution in [0.4, 0.5) is 0 Å². The third kappa shape index (κ3) is 3.88. The van der Waals surface area contributed by atoms with E-state index < -0.39 is 11.9 Å². The second-order valence-corrected chi connectivity index (χ2v) is 4.27. The molecule has 0 fully saturated rings. The van der Waals surface area contributed by atoms with Crippen LogP contribution < -0.4 is 5.32 Å². The fourth-order valence-electron chi connectivity index (χ4n) is 1.56. The molecular formula is C14H15N3O4. The Morgan fingerprint density at radius 1 is 1.24 bits per heavy atom. The molecule has 7 heteroatoms. The van der Waals surface area contributed by atoms with E-state index in [1.165, 1.54) is 0 Å². The lowest BCUT2D eigenvalue weighted by Gasteiger charge is -2.01. The number of nitrogens with one attached hydrogen (secondary N) is 1. The van der Waals surface area contributed by atoms with E-state index in [1.807, 2.05) is 31.2 Å². The van der Waals surface area contributed by atoms with E-state index >= 15 is 0 Å². The minimum Gasteiger partial charge on any atom is -0.459 e. The molecule has 1 heterocycles. The highest BCUT2D eigenvalue weighted by molar-refractivity contribution is 6.32. The van der Waals surface area contributed by atoms with Gasteiger partial charge in [0, 0.05) is 5.56 Å². The van der Waals surface area contributed by atoms with Crippen molar-refractivity contribution in [1.82, 2.24) is 15.5 Å². The second-order valence-electron chi connectivity index (χ2n) is 4.27. The number of amides is 1. The average molecular weight is 289 g/mol. The fraction of sp³-hybridized carbons (Fsp3) is 0.286. The summed E-state index contributed by atoms with van der Waals surface area (Å²) in [6.07, 6.45) is 0. The zero-order valence-electron chi connectivity index (χ0n) is 11.8. The van der Waals surface area contributed by atoms with E-state index in [0.29, 0.717) is 5.89 Å². The van der Waals surface area contributed by atoms with Crippen LogP contribution in [0, 0.1) is 6.92 Å². The van der Waals surface area contributed by atoms with Gasteiger partial charge in [-0.3, -0.25) is 4.79 Å². The highest BCUT2D eigenvalue weighted by atomic mass is 16.5. The molecule has 0 saturated heterocycles. The highest BCUT2D eigenvalue weighted by Gasteiger charge is 2.16. The number of ether oxygens (including phenoxy) is 1. The third-order valence-electron chi connectivity index (χ3n) is 2.63. The van der Waals surface area contributed by atoms with Gasteiger partial charge < -0.3 is 14.5 Å². The Bertz CT molecular complexity index is 634. The molecule has 110 valence electrons. The molecule has 0 aliphatic heterocycles. The number of esters is 1. The Balaban J connectivity index is 1.96. The maximum atomic E-state index is 11.3. The number of benzene rings is 1. The SMILES string of the molecule is CCOC(=O)C(=O)NCc1nnc(-c2ccc(C)cc2)o1. The second kappa shape index (κ2) is 6.65. The molecule has 0 radical (unpaired) electrons. The Kier molecular flexibility index (Phi) is 4.65. The summed E-state index contributed by atoms with van der Waals surface area (Å²) in [6.45, 7) is 3.71. The molecule has 0 atom stereocenters. The summed E-state index contributed by atoms with van der Waals surface area (Å²) >= 11 is 0. The third-order valence-corrected chi connectivity index (χ3v) is 2.63. The molecule has 1 N–H and O–H groups in total. The summed E-state index contributed by atoms with van der Waals surface area (Å²) in [6, 6.07) is 7.59. The first-order valence-electron chi connectivity index (χ1n) is 6.44. The molecule has 0 aliphatic rings. The number of nitrogens with zero attached hydrogens (tertiary/aromatic N) is 2. The van der Waals surface area contributed by atoms with Crippen LogP contribution in [0.5, 0.6) is 0 Å². The maximum Gasteiger partial charge on any atom is 0.396 e. The maximum absolute atomic E-state index is 11.3. The normalized spacial score (nSPS) is 10.2. The Labute approximate surface area is 121 Å². The molecule has 0 unspecified atom stereocenters. The number of carbonyl (C=O) groups excluding carboxylic acids is 2. The molecule has 2 aromatic rings. The van der Waals surface area contributed by atoms with Gasteiger partial charge in [0.2, 0.25) is 11.8 Å². The number of aryl methyl sites for hydroxylation is 1. The molecular weight excluding hydrogens is 274 g/mol. The van der Waals surface area contributed by atoms with Crippen LogP contribution in [0.1, 0.15) is 18.4 Å². The van der Waals surface area contributed by atoms with Crippen molar-refractivity contribution in [3.63, 3.8) is 0 Å². The molecule has 2 rings (SSSR count). The van der Waals surface area contributed by atoms with Gasteiger partial charge >= 0.3 is 11.9 Å². The number of rotatable bonds is 4. The van der Waals surface area contributed by atoms with Crippen LogP contribution in [0.3, 0.4) is 0 Å². The van der Waals surface area contributed by atoms with Crippen molar-refractivity contribution < 1.29 is 18.7 Å². The zero-order valence-corrected chi connectivity index (χ0v) is 11.8. The van der Waals surface area contributed by atoms with Crippen molar-refractivity contribution >= 4 is 11.9 Å². The largest absolute Gasteiger partial charge is 0.459 e. The number of aromatic nitrogens is 2. The lowest BCUT2D eigenvalue weighted by molar-refractivity contribution is -0.154. The minimum atomic E-state index is -0.934. The summed E-state index contributed by atoms with van der Waals surface area (Å²) in [5.41, 5.74) is 1.91. The molecule has 7 nitrogen and oxygen atoms in total. The van der Waals surface area contributed by atoms with Gasteiger partial charge in [0.25, 0.3) is 0 Å². The van der Waals surface area contributed by atoms with Gasteiger partial charge in [0.05, 0.1) is 13.2 Å². The molecule has 1 aromatic carbocycles. The topological polar surface area (TPSA) is 94.3 Å². The Morgan fingerprint density at radius 3 is 2.62 bits per heavy atom. The van der Waals surface area contributed by atoms with Gasteiger partial charge in [0.1, 0.15) is 0 Å². The van der Waals surface area contributed by atoms with Crippen molar-refractivity contribution in [3.05, 3.63) is 35.7 Å². The smallest absolute Gasteiger partial charge is 0.396 e. The van der Waals surface area contributed by atoms with E-state index in [9.17, 15) is 9.59 Å². The van der Waals surface area contributed by atoms with Crippen LogP contribution in [0.25, 0.3) is 11.5 Å². The molecule has 0 bridgehead atoms.